The van der Waals surface area contributed by atoms with E-state index in [-0.39, 0.29) is 12.5 Å². The van der Waals surface area contributed by atoms with E-state index in [1.807, 2.05) is 12.1 Å². The van der Waals surface area contributed by atoms with Crippen molar-refractivity contribution in [3.05, 3.63) is 47.5 Å². The van der Waals surface area contributed by atoms with E-state index in [4.69, 9.17) is 14.2 Å². The fourth-order valence-corrected chi connectivity index (χ4v) is 3.31. The summed E-state index contributed by atoms with van der Waals surface area (Å²) >= 11 is 0. The van der Waals surface area contributed by atoms with Gasteiger partial charge >= 0.3 is 0 Å². The second-order valence-corrected chi connectivity index (χ2v) is 6.40. The second kappa shape index (κ2) is 9.12. The summed E-state index contributed by atoms with van der Waals surface area (Å²) < 4.78 is 15.9. The number of rotatable bonds is 7. The van der Waals surface area contributed by atoms with Gasteiger partial charge < -0.3 is 19.1 Å². The van der Waals surface area contributed by atoms with Crippen LogP contribution in [0.4, 0.5) is 5.69 Å². The van der Waals surface area contributed by atoms with Crippen molar-refractivity contribution in [2.45, 2.75) is 12.8 Å². The molecule has 0 unspecified atom stereocenters. The molecule has 1 aliphatic heterocycles. The van der Waals surface area contributed by atoms with Gasteiger partial charge in [0.2, 0.25) is 0 Å². The van der Waals surface area contributed by atoms with E-state index in [1.165, 1.54) is 11.8 Å². The molecule has 1 heterocycles. The number of fused-ring (bicyclic) bond motifs is 1. The Kier molecular flexibility index (Phi) is 6.37. The SMILES string of the molecule is COc1cc(OC)c(OC)cc1/C=N\NC(=O)CN1CCCc2ccccc21. The minimum atomic E-state index is -0.174. The summed E-state index contributed by atoms with van der Waals surface area (Å²) in [5.41, 5.74) is 5.66. The lowest BCUT2D eigenvalue weighted by atomic mass is 10.0. The molecule has 1 amide bonds. The Bertz CT molecular complexity index is 867. The zero-order chi connectivity index (χ0) is 19.9. The lowest BCUT2D eigenvalue weighted by Gasteiger charge is -2.30. The molecule has 0 aromatic heterocycles. The number of hydrazone groups is 1. The Morgan fingerprint density at radius 1 is 1.11 bits per heavy atom. The molecule has 0 fully saturated rings. The van der Waals surface area contributed by atoms with Crippen molar-refractivity contribution in [1.82, 2.24) is 5.43 Å². The van der Waals surface area contributed by atoms with Gasteiger partial charge in [-0.1, -0.05) is 18.2 Å². The summed E-state index contributed by atoms with van der Waals surface area (Å²) in [6.45, 7) is 1.12. The van der Waals surface area contributed by atoms with Gasteiger partial charge in [-0.2, -0.15) is 5.10 Å². The van der Waals surface area contributed by atoms with E-state index < -0.39 is 0 Å². The lowest BCUT2D eigenvalue weighted by molar-refractivity contribution is -0.119. The number of carbonyl (C=O) groups excluding carboxylic acids is 1. The Morgan fingerprint density at radius 3 is 2.57 bits per heavy atom. The van der Waals surface area contributed by atoms with Crippen LogP contribution in [0.3, 0.4) is 0 Å². The fraction of sp³-hybridized carbons (Fsp3) is 0.333. The van der Waals surface area contributed by atoms with Crippen molar-refractivity contribution in [1.29, 1.82) is 0 Å². The van der Waals surface area contributed by atoms with E-state index >= 15 is 0 Å². The normalized spacial score (nSPS) is 13.2. The maximum absolute atomic E-state index is 12.3. The molecule has 1 aliphatic rings. The summed E-state index contributed by atoms with van der Waals surface area (Å²) in [6, 6.07) is 11.7. The molecule has 1 N–H and O–H groups in total. The van der Waals surface area contributed by atoms with Crippen molar-refractivity contribution < 1.29 is 19.0 Å². The first kappa shape index (κ1) is 19.5. The van der Waals surface area contributed by atoms with Crippen LogP contribution in [0.1, 0.15) is 17.5 Å². The van der Waals surface area contributed by atoms with Gasteiger partial charge in [0.25, 0.3) is 5.91 Å². The number of hydrogen-bond acceptors (Lipinski definition) is 6. The highest BCUT2D eigenvalue weighted by Crippen LogP contribution is 2.33. The molecule has 7 heteroatoms. The zero-order valence-corrected chi connectivity index (χ0v) is 16.4. The maximum Gasteiger partial charge on any atom is 0.259 e. The predicted octanol–water partition coefficient (Wildman–Crippen LogP) is 2.62. The molecule has 0 aliphatic carbocycles. The van der Waals surface area contributed by atoms with Crippen LogP contribution in [0.2, 0.25) is 0 Å². The highest BCUT2D eigenvalue weighted by Gasteiger charge is 2.18. The molecule has 0 spiro atoms. The van der Waals surface area contributed by atoms with Gasteiger partial charge in [0.15, 0.2) is 11.5 Å². The molecular weight excluding hydrogens is 358 g/mol. The number of carbonyl (C=O) groups is 1. The smallest absolute Gasteiger partial charge is 0.259 e. The topological polar surface area (TPSA) is 72.4 Å². The number of para-hydroxylation sites is 1. The second-order valence-electron chi connectivity index (χ2n) is 6.40. The molecule has 0 bridgehead atoms. The van der Waals surface area contributed by atoms with E-state index in [0.717, 1.165) is 25.1 Å². The van der Waals surface area contributed by atoms with Gasteiger partial charge in [-0.05, 0) is 30.5 Å². The summed E-state index contributed by atoms with van der Waals surface area (Å²) in [7, 11) is 4.68. The highest BCUT2D eigenvalue weighted by atomic mass is 16.5. The molecule has 0 atom stereocenters. The van der Waals surface area contributed by atoms with E-state index in [9.17, 15) is 4.79 Å². The lowest BCUT2D eigenvalue weighted by Crippen LogP contribution is -2.38. The van der Waals surface area contributed by atoms with E-state index in [0.29, 0.717) is 22.8 Å². The standard InChI is InChI=1S/C21H25N3O4/c1-26-18-12-20(28-3)19(27-2)11-16(18)13-22-23-21(25)14-24-10-6-8-15-7-4-5-9-17(15)24/h4-5,7,9,11-13H,6,8,10,14H2,1-3H3,(H,23,25)/b22-13-. The van der Waals surface area contributed by atoms with Crippen molar-refractivity contribution >= 4 is 17.8 Å². The van der Waals surface area contributed by atoms with Gasteiger partial charge in [-0.3, -0.25) is 4.79 Å². The first-order chi connectivity index (χ1) is 13.7. The van der Waals surface area contributed by atoms with Crippen molar-refractivity contribution in [2.24, 2.45) is 5.10 Å². The number of amides is 1. The Hall–Kier alpha value is -3.22. The Balaban J connectivity index is 1.66. The number of anilines is 1. The summed E-state index contributed by atoms with van der Waals surface area (Å²) in [5, 5.41) is 4.07. The van der Waals surface area contributed by atoms with Crippen LogP contribution in [0, 0.1) is 0 Å². The largest absolute Gasteiger partial charge is 0.496 e. The number of methoxy groups -OCH3 is 3. The third-order valence-corrected chi connectivity index (χ3v) is 4.67. The third kappa shape index (κ3) is 4.36. The summed E-state index contributed by atoms with van der Waals surface area (Å²) in [5.74, 6) is 1.51. The van der Waals surface area contributed by atoms with Crippen LogP contribution in [0.25, 0.3) is 0 Å². The van der Waals surface area contributed by atoms with Gasteiger partial charge in [-0.15, -0.1) is 0 Å². The molecule has 3 rings (SSSR count). The van der Waals surface area contributed by atoms with Gasteiger partial charge in [0, 0.05) is 23.9 Å². The molecule has 0 radical (unpaired) electrons. The van der Waals surface area contributed by atoms with E-state index in [2.05, 4.69) is 27.6 Å². The minimum absolute atomic E-state index is 0.174. The number of ether oxygens (including phenoxy) is 3. The van der Waals surface area contributed by atoms with Gasteiger partial charge in [-0.25, -0.2) is 5.43 Å². The average molecular weight is 383 g/mol. The van der Waals surface area contributed by atoms with Crippen LogP contribution < -0.4 is 24.5 Å². The third-order valence-electron chi connectivity index (χ3n) is 4.67. The number of nitrogens with one attached hydrogen (secondary N) is 1. The van der Waals surface area contributed by atoms with Crippen LogP contribution in [0.5, 0.6) is 17.2 Å². The molecule has 0 saturated carbocycles. The van der Waals surface area contributed by atoms with Crippen LogP contribution in [0.15, 0.2) is 41.5 Å². The monoisotopic (exact) mass is 383 g/mol. The zero-order valence-electron chi connectivity index (χ0n) is 16.4. The van der Waals surface area contributed by atoms with Crippen LogP contribution >= 0.6 is 0 Å². The molecule has 7 nitrogen and oxygen atoms in total. The molecule has 0 saturated heterocycles. The molecular formula is C21H25N3O4. The van der Waals surface area contributed by atoms with Crippen LogP contribution in [-0.2, 0) is 11.2 Å². The van der Waals surface area contributed by atoms with Crippen molar-refractivity contribution in [2.75, 3.05) is 39.3 Å². The number of aryl methyl sites for hydroxylation is 1. The number of hydrogen-bond donors (Lipinski definition) is 1. The predicted molar refractivity (Wildman–Crippen MR) is 109 cm³/mol. The van der Waals surface area contributed by atoms with E-state index in [1.54, 1.807) is 33.5 Å². The average Bonchev–Trinajstić information content (AvgIpc) is 2.73. The molecule has 2 aromatic rings. The molecule has 2 aromatic carbocycles. The summed E-state index contributed by atoms with van der Waals surface area (Å²) in [6.07, 6.45) is 3.62. The molecule has 148 valence electrons. The highest BCUT2D eigenvalue weighted by molar-refractivity contribution is 5.87. The number of nitrogens with zero attached hydrogens (tertiary/aromatic N) is 2. The Labute approximate surface area is 164 Å². The fourth-order valence-electron chi connectivity index (χ4n) is 3.31. The van der Waals surface area contributed by atoms with Crippen molar-refractivity contribution in [3.8, 4) is 17.2 Å². The molecule has 28 heavy (non-hydrogen) atoms. The minimum Gasteiger partial charge on any atom is -0.496 e. The van der Waals surface area contributed by atoms with Gasteiger partial charge in [0.05, 0.1) is 34.1 Å². The first-order valence-electron chi connectivity index (χ1n) is 9.11. The van der Waals surface area contributed by atoms with Crippen LogP contribution in [-0.4, -0.2) is 46.5 Å². The maximum atomic E-state index is 12.3. The first-order valence-corrected chi connectivity index (χ1v) is 9.11. The van der Waals surface area contributed by atoms with Crippen molar-refractivity contribution in [3.63, 3.8) is 0 Å². The number of benzene rings is 2. The summed E-state index contributed by atoms with van der Waals surface area (Å²) in [4.78, 5) is 14.4. The van der Waals surface area contributed by atoms with Gasteiger partial charge in [0.1, 0.15) is 5.75 Å². The quantitative estimate of drug-likeness (QED) is 0.588. The Morgan fingerprint density at radius 2 is 1.82 bits per heavy atom.